The highest BCUT2D eigenvalue weighted by atomic mass is 35.5. The third kappa shape index (κ3) is 3.76. The third-order valence-electron chi connectivity index (χ3n) is 5.51. The van der Waals surface area contributed by atoms with Crippen molar-refractivity contribution in [3.63, 3.8) is 0 Å². The molecule has 174 valence electrons. The van der Waals surface area contributed by atoms with Crippen molar-refractivity contribution in [2.75, 3.05) is 13.4 Å². The van der Waals surface area contributed by atoms with Crippen LogP contribution in [0, 0.1) is 0 Å². The second kappa shape index (κ2) is 8.66. The molecule has 0 spiro atoms. The van der Waals surface area contributed by atoms with E-state index in [0.717, 1.165) is 11.3 Å². The van der Waals surface area contributed by atoms with Crippen molar-refractivity contribution in [2.45, 2.75) is 19.9 Å². The maximum atomic E-state index is 13.6. The number of allylic oxidation sites excluding steroid dienone is 1. The van der Waals surface area contributed by atoms with E-state index in [0.29, 0.717) is 42.7 Å². The van der Waals surface area contributed by atoms with Gasteiger partial charge in [-0.3, -0.25) is 9.36 Å². The molecule has 1 N–H and O–H groups in total. The number of aromatic nitrogens is 1. The van der Waals surface area contributed by atoms with Crippen LogP contribution in [-0.2, 0) is 9.53 Å². The number of nitrogens with zero attached hydrogens (tertiary/aromatic N) is 2. The normalized spacial score (nSPS) is 16.9. The number of ether oxygens (including phenoxy) is 3. The van der Waals surface area contributed by atoms with Gasteiger partial charge in [0, 0.05) is 10.6 Å². The van der Waals surface area contributed by atoms with Gasteiger partial charge in [0.1, 0.15) is 5.75 Å². The molecule has 8 nitrogen and oxygen atoms in total. The number of phenolic OH excluding ortho intramolecular Hbond substituents is 1. The minimum absolute atomic E-state index is 0.00838. The Labute approximate surface area is 202 Å². The lowest BCUT2D eigenvalue weighted by Gasteiger charge is -2.24. The van der Waals surface area contributed by atoms with E-state index in [-0.39, 0.29) is 30.3 Å². The maximum Gasteiger partial charge on any atom is 0.338 e. The Bertz CT molecular complexity index is 1540. The number of thiazole rings is 1. The first-order valence-corrected chi connectivity index (χ1v) is 11.6. The first-order valence-electron chi connectivity index (χ1n) is 10.4. The lowest BCUT2D eigenvalue weighted by Crippen LogP contribution is -2.39. The Kier molecular flexibility index (Phi) is 5.66. The first-order chi connectivity index (χ1) is 16.4. The molecule has 1 atom stereocenters. The third-order valence-corrected chi connectivity index (χ3v) is 6.72. The Morgan fingerprint density at radius 3 is 2.88 bits per heavy atom. The predicted molar refractivity (Wildman–Crippen MR) is 126 cm³/mol. The Morgan fingerprint density at radius 1 is 1.29 bits per heavy atom. The fraction of sp³-hybridized carbons (Fsp3) is 0.208. The summed E-state index contributed by atoms with van der Waals surface area (Å²) in [5, 5.41) is 10.6. The van der Waals surface area contributed by atoms with Crippen LogP contribution in [-0.4, -0.2) is 29.0 Å². The topological polar surface area (TPSA) is 99.4 Å². The van der Waals surface area contributed by atoms with Crippen molar-refractivity contribution in [3.05, 3.63) is 83.5 Å². The minimum atomic E-state index is -0.778. The van der Waals surface area contributed by atoms with Gasteiger partial charge in [0.15, 0.2) is 16.3 Å². The molecule has 2 aromatic carbocycles. The zero-order valence-electron chi connectivity index (χ0n) is 18.2. The number of hydrogen-bond acceptors (Lipinski definition) is 8. The van der Waals surface area contributed by atoms with Crippen LogP contribution in [0.2, 0.25) is 5.02 Å². The predicted octanol–water partition coefficient (Wildman–Crippen LogP) is 2.89. The molecule has 1 aromatic heterocycles. The highest BCUT2D eigenvalue weighted by molar-refractivity contribution is 7.07. The Morgan fingerprint density at radius 2 is 2.09 bits per heavy atom. The number of carbonyl (C=O) groups excluding carboxylic acids is 1. The molecule has 34 heavy (non-hydrogen) atoms. The SMILES string of the molecule is CCOC(=O)C1=C(C)N=c2s/c(=C/c3cc(Cl)ccc3O)c(=O)n2[C@H]1c1ccc2c(c1)OCO2. The number of halogens is 1. The summed E-state index contributed by atoms with van der Waals surface area (Å²) in [6.45, 7) is 3.72. The van der Waals surface area contributed by atoms with E-state index in [2.05, 4.69) is 4.99 Å². The van der Waals surface area contributed by atoms with Gasteiger partial charge >= 0.3 is 5.97 Å². The van der Waals surface area contributed by atoms with Gasteiger partial charge in [0.25, 0.3) is 5.56 Å². The molecule has 0 radical (unpaired) electrons. The summed E-state index contributed by atoms with van der Waals surface area (Å²) in [4.78, 5) is 31.5. The molecule has 0 fully saturated rings. The van der Waals surface area contributed by atoms with Crippen LogP contribution >= 0.6 is 22.9 Å². The van der Waals surface area contributed by atoms with Gasteiger partial charge in [-0.15, -0.1) is 0 Å². The smallest absolute Gasteiger partial charge is 0.338 e. The van der Waals surface area contributed by atoms with Crippen LogP contribution in [0.1, 0.15) is 31.0 Å². The van der Waals surface area contributed by atoms with E-state index in [1.807, 2.05) is 0 Å². The van der Waals surface area contributed by atoms with E-state index in [4.69, 9.17) is 25.8 Å². The molecule has 2 aliphatic rings. The van der Waals surface area contributed by atoms with Gasteiger partial charge in [-0.25, -0.2) is 9.79 Å². The van der Waals surface area contributed by atoms with E-state index in [1.54, 1.807) is 50.3 Å². The average Bonchev–Trinajstić information content (AvgIpc) is 3.39. The molecule has 0 aliphatic carbocycles. The number of carbonyl (C=O) groups is 1. The van der Waals surface area contributed by atoms with Crippen LogP contribution in [0.15, 0.2) is 57.5 Å². The maximum absolute atomic E-state index is 13.6. The molecular formula is C24H19ClN2O6S. The number of fused-ring (bicyclic) bond motifs is 2. The summed E-state index contributed by atoms with van der Waals surface area (Å²) < 4.78 is 18.0. The first kappa shape index (κ1) is 22.2. The van der Waals surface area contributed by atoms with Crippen molar-refractivity contribution >= 4 is 35.0 Å². The molecule has 0 unspecified atom stereocenters. The average molecular weight is 499 g/mol. The van der Waals surface area contributed by atoms with E-state index >= 15 is 0 Å². The summed E-state index contributed by atoms with van der Waals surface area (Å²) in [7, 11) is 0. The summed E-state index contributed by atoms with van der Waals surface area (Å²) in [5.41, 5.74) is 1.42. The van der Waals surface area contributed by atoms with Crippen molar-refractivity contribution in [3.8, 4) is 17.2 Å². The van der Waals surface area contributed by atoms with Gasteiger partial charge in [0.2, 0.25) is 6.79 Å². The van der Waals surface area contributed by atoms with E-state index in [1.165, 1.54) is 10.6 Å². The number of phenols is 1. The number of rotatable bonds is 4. The van der Waals surface area contributed by atoms with Gasteiger partial charge in [-0.1, -0.05) is 29.0 Å². The fourth-order valence-electron chi connectivity index (χ4n) is 3.97. The summed E-state index contributed by atoms with van der Waals surface area (Å²) in [6, 6.07) is 9.10. The summed E-state index contributed by atoms with van der Waals surface area (Å²) in [6.07, 6.45) is 1.56. The highest BCUT2D eigenvalue weighted by Gasteiger charge is 2.34. The van der Waals surface area contributed by atoms with Crippen molar-refractivity contribution < 1.29 is 24.1 Å². The molecule has 2 aliphatic heterocycles. The van der Waals surface area contributed by atoms with Gasteiger partial charge in [0.05, 0.1) is 28.5 Å². The van der Waals surface area contributed by atoms with E-state index in [9.17, 15) is 14.7 Å². The highest BCUT2D eigenvalue weighted by Crippen LogP contribution is 2.38. The zero-order chi connectivity index (χ0) is 24.0. The fourth-order valence-corrected chi connectivity index (χ4v) is 5.19. The molecule has 5 rings (SSSR count). The molecule has 3 heterocycles. The van der Waals surface area contributed by atoms with Crippen LogP contribution < -0.4 is 24.4 Å². The summed E-state index contributed by atoms with van der Waals surface area (Å²) >= 11 is 7.22. The second-order valence-electron chi connectivity index (χ2n) is 7.62. The molecule has 10 heteroatoms. The van der Waals surface area contributed by atoms with Gasteiger partial charge in [-0.05, 0) is 55.8 Å². The molecule has 0 saturated carbocycles. The van der Waals surface area contributed by atoms with E-state index < -0.39 is 12.0 Å². The zero-order valence-corrected chi connectivity index (χ0v) is 19.8. The van der Waals surface area contributed by atoms with Gasteiger partial charge in [-0.2, -0.15) is 0 Å². The largest absolute Gasteiger partial charge is 0.507 e. The van der Waals surface area contributed by atoms with Crippen molar-refractivity contribution in [1.29, 1.82) is 0 Å². The van der Waals surface area contributed by atoms with Crippen molar-refractivity contribution in [2.24, 2.45) is 4.99 Å². The lowest BCUT2D eigenvalue weighted by atomic mass is 9.95. The molecule has 3 aromatic rings. The number of hydrogen-bond donors (Lipinski definition) is 1. The van der Waals surface area contributed by atoms with Crippen LogP contribution in [0.5, 0.6) is 17.2 Å². The number of aromatic hydroxyl groups is 1. The minimum Gasteiger partial charge on any atom is -0.507 e. The van der Waals surface area contributed by atoms with Crippen LogP contribution in [0.4, 0.5) is 0 Å². The van der Waals surface area contributed by atoms with Crippen LogP contribution in [0.3, 0.4) is 0 Å². The molecule has 0 amide bonds. The molecule has 0 saturated heterocycles. The van der Waals surface area contributed by atoms with Crippen molar-refractivity contribution in [1.82, 2.24) is 4.57 Å². The number of esters is 1. The number of benzene rings is 2. The lowest BCUT2D eigenvalue weighted by molar-refractivity contribution is -0.139. The monoisotopic (exact) mass is 498 g/mol. The summed E-state index contributed by atoms with van der Waals surface area (Å²) in [5.74, 6) is 0.562. The quantitative estimate of drug-likeness (QED) is 0.555. The molecular weight excluding hydrogens is 480 g/mol. The van der Waals surface area contributed by atoms with Gasteiger partial charge < -0.3 is 19.3 Å². The Hall–Kier alpha value is -3.56. The standard InChI is InChI=1S/C24H19ClN2O6S/c1-3-31-23(30)20-12(2)26-24-27(21(20)13-4-7-17-18(9-13)33-11-32-17)22(29)19(34-24)10-14-8-15(25)5-6-16(14)28/h4-10,21,28H,3,11H2,1-2H3/b19-10+/t21-/m0/s1. The Balaban J connectivity index is 1.74. The molecule has 0 bridgehead atoms. The second-order valence-corrected chi connectivity index (χ2v) is 9.06. The van der Waals surface area contributed by atoms with Crippen LogP contribution in [0.25, 0.3) is 6.08 Å².